The number of furan rings is 1. The number of aromatic nitrogens is 2. The number of aliphatic hydroxyl groups excluding tert-OH is 1. The predicted octanol–water partition coefficient (Wildman–Crippen LogP) is 3.17. The molecule has 0 amide bonds. The predicted molar refractivity (Wildman–Crippen MR) is 153 cm³/mol. The van der Waals surface area contributed by atoms with E-state index in [1.165, 1.54) is 0 Å². The highest BCUT2D eigenvalue weighted by atomic mass is 31.2. The first kappa shape index (κ1) is 33.2. The Labute approximate surface area is 259 Å². The van der Waals surface area contributed by atoms with Gasteiger partial charge >= 0.3 is 25.4 Å². The minimum atomic E-state index is -5.03. The number of phosphoric ester groups is 1. The van der Waals surface area contributed by atoms with Crippen molar-refractivity contribution in [1.82, 2.24) is 9.55 Å². The maximum absolute atomic E-state index is 14.6. The van der Waals surface area contributed by atoms with E-state index in [2.05, 4.69) is 9.51 Å². The second kappa shape index (κ2) is 13.3. The molecule has 3 atom stereocenters. The van der Waals surface area contributed by atoms with Crippen LogP contribution >= 0.6 is 7.82 Å². The lowest BCUT2D eigenvalue weighted by Crippen LogP contribution is -2.42. The van der Waals surface area contributed by atoms with E-state index in [-0.39, 0.29) is 18.9 Å². The Hall–Kier alpha value is -4.18. The number of methoxy groups -OCH3 is 1. The second-order valence-corrected chi connectivity index (χ2v) is 11.6. The maximum atomic E-state index is 14.6. The number of benzene rings is 2. The molecule has 1 saturated heterocycles. The van der Waals surface area contributed by atoms with Gasteiger partial charge in [-0.05, 0) is 54.4 Å². The van der Waals surface area contributed by atoms with Crippen molar-refractivity contribution < 1.29 is 60.9 Å². The van der Waals surface area contributed by atoms with Crippen LogP contribution in [0, 0.1) is 6.92 Å². The molecule has 1 fully saturated rings. The molecule has 0 radical (unpaired) electrons. The molecule has 2 aromatic heterocycles. The molecule has 1 aliphatic rings. The van der Waals surface area contributed by atoms with Gasteiger partial charge in [0.1, 0.15) is 42.2 Å². The Morgan fingerprint density at radius 1 is 1.11 bits per heavy atom. The van der Waals surface area contributed by atoms with Gasteiger partial charge in [-0.15, -0.1) is 0 Å². The van der Waals surface area contributed by atoms with E-state index in [0.717, 1.165) is 34.5 Å². The third kappa shape index (κ3) is 7.61. The molecule has 2 aromatic carbocycles. The Bertz CT molecular complexity index is 1820. The molecule has 0 aliphatic carbocycles. The first-order valence-electron chi connectivity index (χ1n) is 13.7. The van der Waals surface area contributed by atoms with Gasteiger partial charge in [0, 0.05) is 11.6 Å². The minimum Gasteiger partial charge on any atom is -0.497 e. The zero-order valence-corrected chi connectivity index (χ0v) is 25.3. The molecular formula is C29H29F2N2O12P. The van der Waals surface area contributed by atoms with E-state index in [1.54, 1.807) is 31.4 Å². The summed E-state index contributed by atoms with van der Waals surface area (Å²) >= 11 is 0. The van der Waals surface area contributed by atoms with Crippen LogP contribution in [0.3, 0.4) is 0 Å². The molecule has 17 heteroatoms. The number of carbonyl (C=O) groups is 1. The quantitative estimate of drug-likeness (QED) is 0.148. The summed E-state index contributed by atoms with van der Waals surface area (Å²) in [4.78, 5) is 46.1. The van der Waals surface area contributed by atoms with Crippen molar-refractivity contribution in [2.75, 3.05) is 13.7 Å². The molecule has 14 nitrogen and oxygen atoms in total. The normalized spacial score (nSPS) is 19.3. The first-order valence-corrected chi connectivity index (χ1v) is 15.2. The fourth-order valence-electron chi connectivity index (χ4n) is 4.74. The van der Waals surface area contributed by atoms with Crippen LogP contribution in [0.15, 0.2) is 63.9 Å². The summed E-state index contributed by atoms with van der Waals surface area (Å²) in [5.41, 5.74) is 1.05. The maximum Gasteiger partial charge on any atom is 0.469 e. The summed E-state index contributed by atoms with van der Waals surface area (Å²) < 4.78 is 71.9. The number of carbonyl (C=O) groups excluding carboxylic acids is 1. The number of halogens is 2. The van der Waals surface area contributed by atoms with E-state index in [4.69, 9.17) is 33.2 Å². The van der Waals surface area contributed by atoms with Gasteiger partial charge < -0.3 is 38.3 Å². The summed E-state index contributed by atoms with van der Waals surface area (Å²) in [7, 11) is -3.43. The number of alkyl halides is 2. The van der Waals surface area contributed by atoms with Crippen LogP contribution in [0.2, 0.25) is 0 Å². The molecule has 3 N–H and O–H groups in total. The standard InChI is InChI=1S/C29H29F2N2O12P/c1-16-9-21(40-2)10-18-11-22(44-25(16)18)14-41-20-5-3-17(4-6-20)13-42-24(34)12-19-7-8-33(28(36)32-19)27-29(30,31)26(35)23(45-27)15-43-46(37,38)39/h3-11,23,26-27,35H,12-15H2,1-2H3,(H2,37,38,39)/t23-,26-,27-/m1/s1. The van der Waals surface area contributed by atoms with Crippen molar-refractivity contribution in [1.29, 1.82) is 0 Å². The Balaban J connectivity index is 1.12. The molecule has 0 unspecified atom stereocenters. The smallest absolute Gasteiger partial charge is 0.469 e. The number of ether oxygens (including phenoxy) is 4. The van der Waals surface area contributed by atoms with Crippen molar-refractivity contribution in [3.63, 3.8) is 0 Å². The van der Waals surface area contributed by atoms with E-state index in [0.29, 0.717) is 21.6 Å². The summed E-state index contributed by atoms with van der Waals surface area (Å²) in [5.74, 6) is -2.86. The Morgan fingerprint density at radius 2 is 1.85 bits per heavy atom. The average molecular weight is 667 g/mol. The zero-order chi connectivity index (χ0) is 33.2. The van der Waals surface area contributed by atoms with Crippen LogP contribution in [0.4, 0.5) is 8.78 Å². The monoisotopic (exact) mass is 666 g/mol. The highest BCUT2D eigenvalue weighted by Crippen LogP contribution is 2.44. The van der Waals surface area contributed by atoms with Gasteiger partial charge in [-0.2, -0.15) is 13.8 Å². The fraction of sp³-hybridized carbons (Fsp3) is 0.345. The number of fused-ring (bicyclic) bond motifs is 1. The largest absolute Gasteiger partial charge is 0.497 e. The number of aliphatic hydroxyl groups is 1. The van der Waals surface area contributed by atoms with Crippen molar-refractivity contribution in [3.05, 3.63) is 87.8 Å². The van der Waals surface area contributed by atoms with Gasteiger partial charge in [-0.25, -0.2) is 9.36 Å². The van der Waals surface area contributed by atoms with E-state index in [9.17, 15) is 28.0 Å². The van der Waals surface area contributed by atoms with Crippen molar-refractivity contribution in [2.45, 2.75) is 50.9 Å². The number of rotatable bonds is 12. The fourth-order valence-corrected chi connectivity index (χ4v) is 5.08. The van der Waals surface area contributed by atoms with Gasteiger partial charge in [0.25, 0.3) is 0 Å². The number of nitrogens with zero attached hydrogens (tertiary/aromatic N) is 2. The molecule has 0 bridgehead atoms. The van der Waals surface area contributed by atoms with Gasteiger partial charge in [0.2, 0.25) is 6.23 Å². The van der Waals surface area contributed by atoms with Crippen LogP contribution in [0.1, 0.15) is 28.8 Å². The van der Waals surface area contributed by atoms with Gasteiger partial charge in [0.05, 0.1) is 25.8 Å². The Morgan fingerprint density at radius 3 is 2.52 bits per heavy atom. The van der Waals surface area contributed by atoms with Crippen molar-refractivity contribution in [3.8, 4) is 11.5 Å². The zero-order valence-electron chi connectivity index (χ0n) is 24.4. The highest BCUT2D eigenvalue weighted by Gasteiger charge is 2.60. The van der Waals surface area contributed by atoms with Gasteiger partial charge in [0.15, 0.2) is 6.10 Å². The van der Waals surface area contributed by atoms with Crippen LogP contribution in [0.25, 0.3) is 11.0 Å². The molecule has 4 aromatic rings. The minimum absolute atomic E-state index is 0.0718. The molecule has 246 valence electrons. The molecule has 1 aliphatic heterocycles. The summed E-state index contributed by atoms with van der Waals surface area (Å²) in [6.07, 6.45) is -6.26. The van der Waals surface area contributed by atoms with Gasteiger partial charge in [-0.3, -0.25) is 13.9 Å². The van der Waals surface area contributed by atoms with E-state index in [1.807, 2.05) is 25.1 Å². The van der Waals surface area contributed by atoms with Crippen LogP contribution in [0.5, 0.6) is 11.5 Å². The highest BCUT2D eigenvalue weighted by molar-refractivity contribution is 7.46. The van der Waals surface area contributed by atoms with Crippen LogP contribution in [-0.4, -0.2) is 62.3 Å². The molecular weight excluding hydrogens is 637 g/mol. The number of hydrogen-bond donors (Lipinski definition) is 3. The number of esters is 1. The Kier molecular flexibility index (Phi) is 9.58. The summed E-state index contributed by atoms with van der Waals surface area (Å²) in [6, 6.07) is 13.5. The lowest BCUT2D eigenvalue weighted by atomic mass is 10.1. The lowest BCUT2D eigenvalue weighted by Gasteiger charge is -2.21. The number of phosphoric acid groups is 1. The van der Waals surface area contributed by atoms with Crippen LogP contribution < -0.4 is 15.2 Å². The van der Waals surface area contributed by atoms with Crippen LogP contribution in [-0.2, 0) is 43.0 Å². The average Bonchev–Trinajstić information content (AvgIpc) is 3.52. The number of aryl methyl sites for hydroxylation is 1. The topological polar surface area (TPSA) is 189 Å². The molecule has 5 rings (SSSR count). The SMILES string of the molecule is COc1cc(C)c2oc(COc3ccc(COC(=O)Cc4ccn([C@@H]5O[C@H](COP(=O)(O)O)[C@@H](O)C5(F)F)c(=O)n4)cc3)cc2c1. The summed E-state index contributed by atoms with van der Waals surface area (Å²) in [6.45, 7) is 0.957. The first-order chi connectivity index (χ1) is 21.7. The van der Waals surface area contributed by atoms with E-state index < -0.39 is 56.9 Å². The second-order valence-electron chi connectivity index (χ2n) is 10.4. The third-order valence-corrected chi connectivity index (χ3v) is 7.50. The third-order valence-electron chi connectivity index (χ3n) is 7.02. The molecule has 3 heterocycles. The van der Waals surface area contributed by atoms with E-state index >= 15 is 0 Å². The lowest BCUT2D eigenvalue weighted by molar-refractivity contribution is -0.144. The summed E-state index contributed by atoms with van der Waals surface area (Å²) in [5, 5.41) is 10.8. The van der Waals surface area contributed by atoms with Crippen molar-refractivity contribution in [2.24, 2.45) is 0 Å². The number of hydrogen-bond acceptors (Lipinski definition) is 11. The van der Waals surface area contributed by atoms with Crippen molar-refractivity contribution >= 4 is 24.8 Å². The molecule has 0 saturated carbocycles. The van der Waals surface area contributed by atoms with Gasteiger partial charge in [-0.1, -0.05) is 12.1 Å². The molecule has 46 heavy (non-hydrogen) atoms. The molecule has 0 spiro atoms.